The summed E-state index contributed by atoms with van der Waals surface area (Å²) < 4.78 is 7.52. The Morgan fingerprint density at radius 3 is 2.75 bits per heavy atom. The molecule has 1 unspecified atom stereocenters. The number of rotatable bonds is 2. The van der Waals surface area contributed by atoms with Crippen molar-refractivity contribution in [2.75, 3.05) is 0 Å². The third-order valence-corrected chi connectivity index (χ3v) is 3.43. The summed E-state index contributed by atoms with van der Waals surface area (Å²) in [5.74, 6) is 1.24. The predicted octanol–water partition coefficient (Wildman–Crippen LogP) is 5.17. The van der Waals surface area contributed by atoms with Crippen molar-refractivity contribution in [3.05, 3.63) is 39.2 Å². The molecule has 0 aliphatic heterocycles. The van der Waals surface area contributed by atoms with E-state index in [1.807, 2.05) is 25.1 Å². The van der Waals surface area contributed by atoms with Gasteiger partial charge in [0.1, 0.15) is 5.38 Å². The highest BCUT2D eigenvalue weighted by Crippen LogP contribution is 2.32. The standard InChI is InChI=1S/C11H8Br2ClNO/c1-6(14)11-15-5-10(16-11)8-4-7(12)2-3-9(8)13/h2-6H,1H3. The molecule has 0 bridgehead atoms. The molecular weight excluding hydrogens is 357 g/mol. The first kappa shape index (κ1) is 12.1. The van der Waals surface area contributed by atoms with E-state index in [0.29, 0.717) is 11.7 Å². The highest BCUT2D eigenvalue weighted by Gasteiger charge is 2.13. The lowest BCUT2D eigenvalue weighted by atomic mass is 10.2. The van der Waals surface area contributed by atoms with Gasteiger partial charge in [-0.15, -0.1) is 11.6 Å². The number of benzene rings is 1. The Kier molecular flexibility index (Phi) is 3.72. The molecule has 0 fully saturated rings. The number of oxazole rings is 1. The van der Waals surface area contributed by atoms with E-state index in [1.54, 1.807) is 6.20 Å². The summed E-state index contributed by atoms with van der Waals surface area (Å²) in [5.41, 5.74) is 0.949. The fraction of sp³-hybridized carbons (Fsp3) is 0.182. The lowest BCUT2D eigenvalue weighted by molar-refractivity contribution is 0.508. The third kappa shape index (κ3) is 2.50. The predicted molar refractivity (Wildman–Crippen MR) is 71.6 cm³/mol. The van der Waals surface area contributed by atoms with Gasteiger partial charge >= 0.3 is 0 Å². The van der Waals surface area contributed by atoms with Gasteiger partial charge in [0, 0.05) is 14.5 Å². The van der Waals surface area contributed by atoms with Gasteiger partial charge < -0.3 is 4.42 Å². The van der Waals surface area contributed by atoms with Crippen LogP contribution in [0.15, 0.2) is 37.8 Å². The zero-order valence-corrected chi connectivity index (χ0v) is 12.3. The smallest absolute Gasteiger partial charge is 0.212 e. The van der Waals surface area contributed by atoms with Crippen LogP contribution in [0.4, 0.5) is 0 Å². The molecule has 1 heterocycles. The van der Waals surface area contributed by atoms with Gasteiger partial charge in [0.2, 0.25) is 5.89 Å². The topological polar surface area (TPSA) is 26.0 Å². The maximum absolute atomic E-state index is 5.90. The van der Waals surface area contributed by atoms with Crippen molar-refractivity contribution in [1.82, 2.24) is 4.98 Å². The van der Waals surface area contributed by atoms with Crippen LogP contribution in [0.25, 0.3) is 11.3 Å². The molecule has 84 valence electrons. The highest BCUT2D eigenvalue weighted by molar-refractivity contribution is 9.11. The van der Waals surface area contributed by atoms with Crippen molar-refractivity contribution in [3.8, 4) is 11.3 Å². The van der Waals surface area contributed by atoms with Crippen LogP contribution in [0.1, 0.15) is 18.2 Å². The van der Waals surface area contributed by atoms with E-state index in [-0.39, 0.29) is 5.38 Å². The zero-order chi connectivity index (χ0) is 11.7. The zero-order valence-electron chi connectivity index (χ0n) is 8.38. The van der Waals surface area contributed by atoms with Gasteiger partial charge in [0.05, 0.1) is 6.20 Å². The Hall–Kier alpha value is -0.320. The molecule has 1 aromatic heterocycles. The number of aromatic nitrogens is 1. The van der Waals surface area contributed by atoms with Crippen LogP contribution in [0.5, 0.6) is 0 Å². The number of hydrogen-bond donors (Lipinski definition) is 0. The largest absolute Gasteiger partial charge is 0.439 e. The number of halogens is 3. The normalized spacial score (nSPS) is 12.8. The molecule has 1 aromatic carbocycles. The van der Waals surface area contributed by atoms with Gasteiger partial charge in [-0.25, -0.2) is 4.98 Å². The number of alkyl halides is 1. The quantitative estimate of drug-likeness (QED) is 0.687. The fourth-order valence-corrected chi connectivity index (χ4v) is 2.19. The molecule has 0 radical (unpaired) electrons. The van der Waals surface area contributed by atoms with E-state index in [1.165, 1.54) is 0 Å². The maximum Gasteiger partial charge on any atom is 0.212 e. The first-order chi connectivity index (χ1) is 7.58. The highest BCUT2D eigenvalue weighted by atomic mass is 79.9. The molecule has 1 atom stereocenters. The molecule has 5 heteroatoms. The van der Waals surface area contributed by atoms with Gasteiger partial charge in [-0.1, -0.05) is 31.9 Å². The Morgan fingerprint density at radius 2 is 2.12 bits per heavy atom. The Morgan fingerprint density at radius 1 is 1.38 bits per heavy atom. The monoisotopic (exact) mass is 363 g/mol. The summed E-state index contributed by atoms with van der Waals surface area (Å²) in [6, 6.07) is 5.87. The molecule has 16 heavy (non-hydrogen) atoms. The summed E-state index contributed by atoms with van der Waals surface area (Å²) in [4.78, 5) is 4.13. The molecule has 0 saturated carbocycles. The lowest BCUT2D eigenvalue weighted by Gasteiger charge is -2.01. The summed E-state index contributed by atoms with van der Waals surface area (Å²) in [5, 5.41) is -0.223. The van der Waals surface area contributed by atoms with Gasteiger partial charge in [-0.05, 0) is 25.1 Å². The second kappa shape index (κ2) is 4.90. The van der Waals surface area contributed by atoms with Crippen molar-refractivity contribution in [3.63, 3.8) is 0 Å². The summed E-state index contributed by atoms with van der Waals surface area (Å²) in [6.07, 6.45) is 1.68. The van der Waals surface area contributed by atoms with Crippen molar-refractivity contribution in [2.24, 2.45) is 0 Å². The number of hydrogen-bond acceptors (Lipinski definition) is 2. The lowest BCUT2D eigenvalue weighted by Crippen LogP contribution is -1.81. The molecular formula is C11H8Br2ClNO. The van der Waals surface area contributed by atoms with E-state index >= 15 is 0 Å². The average molecular weight is 365 g/mol. The first-order valence-corrected chi connectivity index (χ1v) is 6.65. The molecule has 2 nitrogen and oxygen atoms in total. The maximum atomic E-state index is 5.90. The van der Waals surface area contributed by atoms with E-state index in [9.17, 15) is 0 Å². The van der Waals surface area contributed by atoms with Crippen LogP contribution in [0.3, 0.4) is 0 Å². The molecule has 0 aliphatic carbocycles. The Labute approximate surface area is 115 Å². The van der Waals surface area contributed by atoms with Crippen LogP contribution in [-0.2, 0) is 0 Å². The summed E-state index contributed by atoms with van der Waals surface area (Å²) >= 11 is 12.8. The molecule has 2 aromatic rings. The Bertz CT molecular complexity index is 510. The van der Waals surface area contributed by atoms with Crippen LogP contribution in [-0.4, -0.2) is 4.98 Å². The van der Waals surface area contributed by atoms with Crippen LogP contribution >= 0.6 is 43.5 Å². The van der Waals surface area contributed by atoms with E-state index in [4.69, 9.17) is 16.0 Å². The molecule has 0 aliphatic rings. The Balaban J connectivity index is 2.46. The summed E-state index contributed by atoms with van der Waals surface area (Å²) in [7, 11) is 0. The average Bonchev–Trinajstić information content (AvgIpc) is 2.70. The van der Waals surface area contributed by atoms with Crippen LogP contribution in [0.2, 0.25) is 0 Å². The second-order valence-corrected chi connectivity index (χ2v) is 5.73. The summed E-state index contributed by atoms with van der Waals surface area (Å²) in [6.45, 7) is 1.83. The number of nitrogens with zero attached hydrogens (tertiary/aromatic N) is 1. The van der Waals surface area contributed by atoms with Gasteiger partial charge in [0.25, 0.3) is 0 Å². The fourth-order valence-electron chi connectivity index (χ4n) is 1.28. The van der Waals surface area contributed by atoms with Crippen molar-refractivity contribution < 1.29 is 4.42 Å². The second-order valence-electron chi connectivity index (χ2n) is 3.30. The third-order valence-electron chi connectivity index (χ3n) is 2.06. The minimum absolute atomic E-state index is 0.223. The molecule has 0 N–H and O–H groups in total. The first-order valence-electron chi connectivity index (χ1n) is 4.63. The molecule has 2 rings (SSSR count). The van der Waals surface area contributed by atoms with Gasteiger partial charge in [-0.3, -0.25) is 0 Å². The van der Waals surface area contributed by atoms with E-state index < -0.39 is 0 Å². The minimum atomic E-state index is -0.223. The van der Waals surface area contributed by atoms with Gasteiger partial charge in [-0.2, -0.15) is 0 Å². The van der Waals surface area contributed by atoms with Crippen molar-refractivity contribution in [1.29, 1.82) is 0 Å². The van der Waals surface area contributed by atoms with Crippen molar-refractivity contribution in [2.45, 2.75) is 12.3 Å². The molecule has 0 saturated heterocycles. The van der Waals surface area contributed by atoms with Crippen molar-refractivity contribution >= 4 is 43.5 Å². The molecule has 0 spiro atoms. The van der Waals surface area contributed by atoms with E-state index in [2.05, 4.69) is 36.8 Å². The SMILES string of the molecule is CC(Cl)c1ncc(-c2cc(Br)ccc2Br)o1. The van der Waals surface area contributed by atoms with Gasteiger partial charge in [0.15, 0.2) is 5.76 Å². The van der Waals surface area contributed by atoms with E-state index in [0.717, 1.165) is 14.5 Å². The minimum Gasteiger partial charge on any atom is -0.439 e. The molecule has 0 amide bonds. The van der Waals surface area contributed by atoms with Crippen LogP contribution in [0, 0.1) is 0 Å². The van der Waals surface area contributed by atoms with Crippen LogP contribution < -0.4 is 0 Å².